The van der Waals surface area contributed by atoms with Gasteiger partial charge in [-0.2, -0.15) is 0 Å². The molecule has 4 rings (SSSR count). The second-order valence-electron chi connectivity index (χ2n) is 8.17. The highest BCUT2D eigenvalue weighted by atomic mass is 79.9. The van der Waals surface area contributed by atoms with Crippen LogP contribution in [0.3, 0.4) is 0 Å². The fourth-order valence-corrected chi connectivity index (χ4v) is 4.31. The highest BCUT2D eigenvalue weighted by Crippen LogP contribution is 2.39. The quantitative estimate of drug-likeness (QED) is 0.230. The SMILES string of the molecule is CN(C)c1ccc(C2C(=C([O-])c3ccc(Br)cc3)C(=O)C(=O)N2CCC[n+]2cc[nH]c2)cc1. The number of Topliss-reactive ketones (excluding diaryl/α,β-unsaturated/α-hetero) is 1. The van der Waals surface area contributed by atoms with Crippen molar-refractivity contribution in [3.8, 4) is 0 Å². The van der Waals surface area contributed by atoms with E-state index in [1.165, 1.54) is 4.90 Å². The van der Waals surface area contributed by atoms with Gasteiger partial charge in [0.25, 0.3) is 5.91 Å². The van der Waals surface area contributed by atoms with E-state index in [-0.39, 0.29) is 5.57 Å². The van der Waals surface area contributed by atoms with Crippen molar-refractivity contribution in [2.75, 3.05) is 25.5 Å². The Bertz CT molecular complexity index is 1170. The fourth-order valence-electron chi connectivity index (χ4n) is 4.04. The molecule has 0 saturated carbocycles. The van der Waals surface area contributed by atoms with Crippen LogP contribution in [0.4, 0.5) is 5.69 Å². The standard InChI is InChI=1S/C25H25BrN4O3/c1-28(2)20-10-6-17(7-11-20)22-21(23(31)18-4-8-19(26)9-5-18)24(32)25(33)30(22)14-3-13-29-15-12-27-16-29/h4-12,15-16,22H,3,13-14H2,1-2H3,(H,31,32). The first-order valence-corrected chi connectivity index (χ1v) is 11.5. The summed E-state index contributed by atoms with van der Waals surface area (Å²) in [5.74, 6) is -1.76. The van der Waals surface area contributed by atoms with E-state index in [1.54, 1.807) is 24.3 Å². The number of hydrogen-bond acceptors (Lipinski definition) is 4. The topological polar surface area (TPSA) is 83.3 Å². The number of nitrogens with one attached hydrogen (secondary N) is 1. The van der Waals surface area contributed by atoms with Gasteiger partial charge in [0, 0.05) is 42.8 Å². The lowest BCUT2D eigenvalue weighted by atomic mass is 9.95. The number of carbonyl (C=O) groups excluding carboxylic acids is 2. The fraction of sp³-hybridized carbons (Fsp3) is 0.240. The van der Waals surface area contributed by atoms with Crippen LogP contribution in [-0.2, 0) is 16.1 Å². The summed E-state index contributed by atoms with van der Waals surface area (Å²) >= 11 is 3.37. The highest BCUT2D eigenvalue weighted by molar-refractivity contribution is 9.10. The molecular formula is C25H25BrN4O3. The largest absolute Gasteiger partial charge is 0.872 e. The van der Waals surface area contributed by atoms with Gasteiger partial charge < -0.3 is 14.9 Å². The van der Waals surface area contributed by atoms with E-state index in [2.05, 4.69) is 20.9 Å². The van der Waals surface area contributed by atoms with Crippen LogP contribution in [0, 0.1) is 0 Å². The monoisotopic (exact) mass is 508 g/mol. The Balaban J connectivity index is 1.73. The lowest BCUT2D eigenvalue weighted by molar-refractivity contribution is -0.695. The Morgan fingerprint density at radius 1 is 1.12 bits per heavy atom. The molecule has 1 aliphatic rings. The number of aromatic nitrogens is 2. The molecule has 2 heterocycles. The number of rotatable bonds is 7. The zero-order valence-electron chi connectivity index (χ0n) is 18.5. The number of aryl methyl sites for hydroxylation is 1. The van der Waals surface area contributed by atoms with Crippen LogP contribution in [0.15, 0.2) is 77.3 Å². The molecule has 0 spiro atoms. The van der Waals surface area contributed by atoms with Crippen LogP contribution in [0.25, 0.3) is 5.76 Å². The lowest BCUT2D eigenvalue weighted by Crippen LogP contribution is -2.36. The number of H-pyrrole nitrogens is 1. The van der Waals surface area contributed by atoms with Crippen molar-refractivity contribution in [2.45, 2.75) is 19.0 Å². The molecule has 170 valence electrons. The second kappa shape index (κ2) is 9.62. The van der Waals surface area contributed by atoms with Crippen LogP contribution in [0.1, 0.15) is 23.6 Å². The number of nitrogens with zero attached hydrogens (tertiary/aromatic N) is 3. The third-order valence-corrected chi connectivity index (χ3v) is 6.31. The summed E-state index contributed by atoms with van der Waals surface area (Å²) in [6.07, 6.45) is 6.21. The van der Waals surface area contributed by atoms with Crippen LogP contribution in [0.5, 0.6) is 0 Å². The minimum atomic E-state index is -0.723. The molecule has 0 radical (unpaired) electrons. The van der Waals surface area contributed by atoms with Crippen LogP contribution < -0.4 is 14.6 Å². The molecular weight excluding hydrogens is 484 g/mol. The third-order valence-electron chi connectivity index (χ3n) is 5.78. The van der Waals surface area contributed by atoms with Crippen molar-refractivity contribution in [3.05, 3.63) is 88.4 Å². The first-order chi connectivity index (χ1) is 15.9. The predicted molar refractivity (Wildman–Crippen MR) is 127 cm³/mol. The predicted octanol–water partition coefficient (Wildman–Crippen LogP) is 2.45. The van der Waals surface area contributed by atoms with E-state index in [4.69, 9.17) is 0 Å². The number of anilines is 1. The van der Waals surface area contributed by atoms with E-state index in [9.17, 15) is 14.7 Å². The summed E-state index contributed by atoms with van der Waals surface area (Å²) in [5, 5.41) is 13.4. The van der Waals surface area contributed by atoms with Gasteiger partial charge in [-0.3, -0.25) is 14.6 Å². The van der Waals surface area contributed by atoms with Crippen LogP contribution in [-0.4, -0.2) is 42.2 Å². The first-order valence-electron chi connectivity index (χ1n) is 10.7. The molecule has 1 aliphatic heterocycles. The van der Waals surface area contributed by atoms with Gasteiger partial charge in [0.2, 0.25) is 12.1 Å². The van der Waals surface area contributed by atoms with Crippen molar-refractivity contribution in [1.29, 1.82) is 0 Å². The summed E-state index contributed by atoms with van der Waals surface area (Å²) in [4.78, 5) is 32.6. The number of amides is 1. The van der Waals surface area contributed by atoms with Crippen molar-refractivity contribution in [2.24, 2.45) is 0 Å². The molecule has 0 bridgehead atoms. The average Bonchev–Trinajstić information content (AvgIpc) is 3.41. The van der Waals surface area contributed by atoms with Crippen LogP contribution in [0.2, 0.25) is 0 Å². The molecule has 2 aromatic carbocycles. The summed E-state index contributed by atoms with van der Waals surface area (Å²) in [6.45, 7) is 1.05. The minimum absolute atomic E-state index is 0.00854. The van der Waals surface area contributed by atoms with E-state index >= 15 is 0 Å². The summed E-state index contributed by atoms with van der Waals surface area (Å²) in [5.41, 5.74) is 2.13. The minimum Gasteiger partial charge on any atom is -0.872 e. The molecule has 3 aromatic rings. The molecule has 33 heavy (non-hydrogen) atoms. The Hall–Kier alpha value is -3.39. The molecule has 7 nitrogen and oxygen atoms in total. The van der Waals surface area contributed by atoms with Crippen molar-refractivity contribution >= 4 is 39.1 Å². The summed E-state index contributed by atoms with van der Waals surface area (Å²) in [6, 6.07) is 13.7. The molecule has 1 saturated heterocycles. The molecule has 1 amide bonds. The number of carbonyl (C=O) groups is 2. The highest BCUT2D eigenvalue weighted by Gasteiger charge is 2.43. The molecule has 1 aromatic heterocycles. The van der Waals surface area contributed by atoms with Gasteiger partial charge in [-0.1, -0.05) is 46.0 Å². The molecule has 1 N–H and O–H groups in total. The zero-order chi connectivity index (χ0) is 23.5. The molecule has 0 aliphatic carbocycles. The van der Waals surface area contributed by atoms with Crippen molar-refractivity contribution in [1.82, 2.24) is 9.88 Å². The second-order valence-corrected chi connectivity index (χ2v) is 9.08. The van der Waals surface area contributed by atoms with Crippen molar-refractivity contribution < 1.29 is 19.3 Å². The van der Waals surface area contributed by atoms with E-state index in [0.717, 1.165) is 15.7 Å². The number of aromatic amines is 1. The average molecular weight is 509 g/mol. The lowest BCUT2D eigenvalue weighted by Gasteiger charge is -2.28. The number of hydrogen-bond donors (Lipinski definition) is 1. The third kappa shape index (κ3) is 4.71. The maximum absolute atomic E-state index is 13.4. The molecule has 8 heteroatoms. The van der Waals surface area contributed by atoms with E-state index in [1.807, 2.05) is 66.5 Å². The van der Waals surface area contributed by atoms with Gasteiger partial charge in [-0.05, 0) is 35.4 Å². The Labute approximate surface area is 201 Å². The van der Waals surface area contributed by atoms with Gasteiger partial charge in [-0.15, -0.1) is 0 Å². The van der Waals surface area contributed by atoms with Gasteiger partial charge >= 0.3 is 0 Å². The maximum atomic E-state index is 13.4. The van der Waals surface area contributed by atoms with Crippen LogP contribution >= 0.6 is 15.9 Å². The Kier molecular flexibility index (Phi) is 6.65. The number of likely N-dealkylation sites (tertiary alicyclic amines) is 1. The summed E-state index contributed by atoms with van der Waals surface area (Å²) in [7, 11) is 3.88. The molecule has 1 fully saturated rings. The first kappa shape index (κ1) is 22.8. The van der Waals surface area contributed by atoms with Gasteiger partial charge in [0.15, 0.2) is 0 Å². The van der Waals surface area contributed by atoms with Crippen molar-refractivity contribution in [3.63, 3.8) is 0 Å². The molecule has 1 unspecified atom stereocenters. The number of halogens is 1. The maximum Gasteiger partial charge on any atom is 0.295 e. The normalized spacial score (nSPS) is 17.5. The zero-order valence-corrected chi connectivity index (χ0v) is 20.1. The van der Waals surface area contributed by atoms with Gasteiger partial charge in [0.1, 0.15) is 12.4 Å². The summed E-state index contributed by atoms with van der Waals surface area (Å²) < 4.78 is 2.80. The van der Waals surface area contributed by atoms with Gasteiger partial charge in [0.05, 0.1) is 12.6 Å². The Morgan fingerprint density at radius 2 is 1.82 bits per heavy atom. The smallest absolute Gasteiger partial charge is 0.295 e. The van der Waals surface area contributed by atoms with Gasteiger partial charge in [-0.25, -0.2) is 4.57 Å². The number of benzene rings is 2. The number of imidazole rings is 1. The Morgan fingerprint density at radius 3 is 2.42 bits per heavy atom. The van der Waals surface area contributed by atoms with E-state index < -0.39 is 23.5 Å². The van der Waals surface area contributed by atoms with E-state index in [0.29, 0.717) is 25.1 Å². The number of ketones is 1. The molecule has 1 atom stereocenters.